The Morgan fingerprint density at radius 2 is 0.721 bits per heavy atom. The molecular weight excluding hydrogens is 925 g/mol. The van der Waals surface area contributed by atoms with Crippen molar-refractivity contribution in [3.8, 4) is 0 Å². The second-order valence-corrected chi connectivity index (χ2v) is 21.0. The average molecular weight is 978 g/mol. The summed E-state index contributed by atoms with van der Waals surface area (Å²) in [6.07, 6.45) is 14.4. The number of halogens is 3. The molecule has 0 saturated heterocycles. The van der Waals surface area contributed by atoms with Gasteiger partial charge >= 0.3 is 25.0 Å². The van der Waals surface area contributed by atoms with Gasteiger partial charge < -0.3 is 19.2 Å². The normalized spacial score (nSPS) is 12.8. The van der Waals surface area contributed by atoms with E-state index in [0.717, 1.165) is 22.5 Å². The molecule has 61 heavy (non-hydrogen) atoms. The Kier molecular flexibility index (Phi) is 20.9. The summed E-state index contributed by atoms with van der Waals surface area (Å²) in [5, 5.41) is 5.34. The maximum absolute atomic E-state index is 10.7. The Hall–Kier alpha value is -3.56. The van der Waals surface area contributed by atoms with Gasteiger partial charge in [-0.3, -0.25) is 0 Å². The molecule has 0 aliphatic heterocycles. The third kappa shape index (κ3) is 15.9. The van der Waals surface area contributed by atoms with Crippen molar-refractivity contribution in [3.05, 3.63) is 177 Å². The first-order chi connectivity index (χ1) is 27.7. The van der Waals surface area contributed by atoms with Crippen molar-refractivity contribution in [3.63, 3.8) is 0 Å². The number of aromatic nitrogens is 4. The molecule has 15 heteroatoms. The van der Waals surface area contributed by atoms with Crippen LogP contribution in [0.25, 0.3) is 0 Å². The van der Waals surface area contributed by atoms with Gasteiger partial charge in [0.2, 0.25) is 0 Å². The zero-order valence-corrected chi connectivity index (χ0v) is 39.7. The van der Waals surface area contributed by atoms with Gasteiger partial charge in [-0.1, -0.05) is 163 Å². The minimum absolute atomic E-state index is 0. The Morgan fingerprint density at radius 1 is 0.508 bits per heavy atom. The fraction of sp³-hybridized carbons (Fsp3) is 0.239. The van der Waals surface area contributed by atoms with Gasteiger partial charge in [0.1, 0.15) is 11.1 Å². The quantitative estimate of drug-likeness (QED) is 0.0757. The third-order valence-corrected chi connectivity index (χ3v) is 14.0. The van der Waals surface area contributed by atoms with Gasteiger partial charge in [0, 0.05) is 53.2 Å². The van der Waals surface area contributed by atoms with Crippen molar-refractivity contribution in [1.29, 1.82) is 0 Å². The molecule has 2 aromatic heterocycles. The summed E-state index contributed by atoms with van der Waals surface area (Å²) in [6, 6.07) is 42.9. The van der Waals surface area contributed by atoms with Crippen molar-refractivity contribution in [2.45, 2.75) is 57.9 Å². The second kappa shape index (κ2) is 23.8. The standard InChI is InChI=1S/2C20H23N2P.C5H5.CHF3O3S.H2O.Ru/c2*1-20(2,3)18-15-22(4)19(21-18)23(16-11-7-5-8-12-16)17-13-9-6-10-14-17;1-2-4-5-3-1;2-1(3,4)8(5,6)7;;/h2*5-15H,1-4H3;1-5H;(H,5,6,7);1H2;/q;;;;;+2/p-1. The summed E-state index contributed by atoms with van der Waals surface area (Å²) < 4.78 is 63.3. The predicted octanol–water partition coefficient (Wildman–Crippen LogP) is 7.20. The van der Waals surface area contributed by atoms with Crippen molar-refractivity contribution in [1.82, 2.24) is 19.1 Å². The van der Waals surface area contributed by atoms with Gasteiger partial charge in [0.05, 0.1) is 11.4 Å². The predicted molar refractivity (Wildman–Crippen MR) is 242 cm³/mol. The molecule has 2 heterocycles. The summed E-state index contributed by atoms with van der Waals surface area (Å²) in [5.74, 6) is 0. The molecule has 1 saturated carbocycles. The summed E-state index contributed by atoms with van der Waals surface area (Å²) in [7, 11) is -3.15. The Morgan fingerprint density at radius 3 is 0.885 bits per heavy atom. The maximum atomic E-state index is 10.7. The number of hydrogen-bond donors (Lipinski definition) is 0. The molecule has 1 fully saturated rings. The first-order valence-electron chi connectivity index (χ1n) is 18.8. The minimum Gasteiger partial charge on any atom is -0.741 e. The van der Waals surface area contributed by atoms with E-state index < -0.39 is 31.5 Å². The first kappa shape index (κ1) is 53.6. The molecule has 0 unspecified atom stereocenters. The number of alkyl halides is 3. The van der Waals surface area contributed by atoms with E-state index in [2.05, 4.69) is 198 Å². The van der Waals surface area contributed by atoms with Gasteiger partial charge in [0.15, 0.2) is 10.1 Å². The van der Waals surface area contributed by atoms with Crippen LogP contribution in [0.15, 0.2) is 134 Å². The zero-order chi connectivity index (χ0) is 43.4. The van der Waals surface area contributed by atoms with E-state index in [1.165, 1.54) is 21.2 Å². The number of nitrogens with zero attached hydrogens (tertiary/aromatic N) is 4. The number of benzene rings is 4. The Labute approximate surface area is 375 Å². The van der Waals surface area contributed by atoms with Crippen molar-refractivity contribution in [2.75, 3.05) is 0 Å². The van der Waals surface area contributed by atoms with Crippen LogP contribution in [0.3, 0.4) is 0 Å². The molecule has 0 amide bonds. The third-order valence-electron chi connectivity index (χ3n) is 8.54. The van der Waals surface area contributed by atoms with E-state index >= 15 is 0 Å². The summed E-state index contributed by atoms with van der Waals surface area (Å²) in [6.45, 7) is 13.3. The van der Waals surface area contributed by atoms with E-state index in [1.54, 1.807) is 0 Å². The van der Waals surface area contributed by atoms with E-state index in [-0.39, 0.29) is 35.8 Å². The molecule has 5 radical (unpaired) electrons. The van der Waals surface area contributed by atoms with Gasteiger partial charge in [-0.2, -0.15) is 13.2 Å². The van der Waals surface area contributed by atoms with E-state index in [9.17, 15) is 13.2 Å². The van der Waals surface area contributed by atoms with Gasteiger partial charge in [-0.25, -0.2) is 18.4 Å². The van der Waals surface area contributed by atoms with Crippen LogP contribution >= 0.6 is 15.8 Å². The van der Waals surface area contributed by atoms with Crippen LogP contribution < -0.4 is 32.3 Å². The molecule has 2 N–H and O–H groups in total. The first-order valence-corrected chi connectivity index (χ1v) is 22.8. The van der Waals surface area contributed by atoms with Crippen LogP contribution in [0.5, 0.6) is 0 Å². The zero-order valence-electron chi connectivity index (χ0n) is 35.4. The second-order valence-electron chi connectivity index (χ2n) is 15.4. The van der Waals surface area contributed by atoms with Crippen LogP contribution in [-0.2, 0) is 54.5 Å². The molecule has 4 aromatic carbocycles. The largest absolute Gasteiger partial charge is 2.00 e. The molecule has 6 aromatic rings. The maximum Gasteiger partial charge on any atom is 2.00 e. The average Bonchev–Trinajstić information content (AvgIpc) is 3.97. The molecule has 7 rings (SSSR count). The molecule has 8 nitrogen and oxygen atoms in total. The summed E-state index contributed by atoms with van der Waals surface area (Å²) in [5.41, 5.74) is -0.921. The van der Waals surface area contributed by atoms with Gasteiger partial charge in [0.25, 0.3) is 0 Å². The Bertz CT molecular complexity index is 2060. The number of imidazole rings is 2. The summed E-state index contributed by atoms with van der Waals surface area (Å²) >= 11 is 0. The minimum atomic E-state index is -6.09. The van der Waals surface area contributed by atoms with E-state index in [4.69, 9.17) is 22.9 Å². The van der Waals surface area contributed by atoms with Crippen LogP contribution in [0, 0.1) is 32.1 Å². The molecule has 1 aliphatic carbocycles. The SMILES string of the molecule is Cn1cc(C(C)(C)C)nc1P(c1ccccc1)c1ccccc1.Cn1cc(C(C)(C)C)nc1P(c1ccccc1)c1ccccc1.O.O=S(=O)([O-])C(F)(F)F.[CH]1[CH][CH][CH][CH]1.[Ru+2]. The summed E-state index contributed by atoms with van der Waals surface area (Å²) in [4.78, 5) is 10.1. The smallest absolute Gasteiger partial charge is 0.741 e. The topological polar surface area (TPSA) is 124 Å². The fourth-order valence-electron chi connectivity index (χ4n) is 5.44. The monoisotopic (exact) mass is 978 g/mol. The number of aryl methyl sites for hydroxylation is 2. The molecule has 325 valence electrons. The molecule has 0 bridgehead atoms. The van der Waals surface area contributed by atoms with Gasteiger partial charge in [-0.15, -0.1) is 0 Å². The van der Waals surface area contributed by atoms with Crippen molar-refractivity contribution in [2.24, 2.45) is 14.1 Å². The molecular formula is C46H53F3N4O4P2RuS+. The number of hydrogen-bond acceptors (Lipinski definition) is 5. The molecule has 0 spiro atoms. The molecule has 0 atom stereocenters. The van der Waals surface area contributed by atoms with E-state index in [1.807, 2.05) is 32.1 Å². The molecule has 1 aliphatic rings. The Balaban J connectivity index is 0.000000318. The van der Waals surface area contributed by atoms with Crippen LogP contribution in [0.1, 0.15) is 52.9 Å². The van der Waals surface area contributed by atoms with Crippen LogP contribution in [0.2, 0.25) is 0 Å². The van der Waals surface area contributed by atoms with Crippen LogP contribution in [-0.4, -0.2) is 43.1 Å². The van der Waals surface area contributed by atoms with Crippen molar-refractivity contribution < 1.29 is 51.1 Å². The van der Waals surface area contributed by atoms with Gasteiger partial charge in [-0.05, 0) is 53.3 Å². The van der Waals surface area contributed by atoms with Crippen molar-refractivity contribution >= 4 is 58.3 Å². The fourth-order valence-corrected chi connectivity index (χ4v) is 10.0. The van der Waals surface area contributed by atoms with Crippen LogP contribution in [0.4, 0.5) is 13.2 Å². The number of rotatable bonds is 6. The van der Waals surface area contributed by atoms with E-state index in [0.29, 0.717) is 0 Å².